The van der Waals surface area contributed by atoms with E-state index in [1.165, 1.54) is 71.9 Å². The van der Waals surface area contributed by atoms with E-state index in [2.05, 4.69) is 86.3 Å². The Labute approximate surface area is 207 Å². The molecule has 0 bridgehead atoms. The molecule has 0 N–H and O–H groups in total. The number of rotatable bonds is 16. The van der Waals surface area contributed by atoms with Crippen LogP contribution in [0.3, 0.4) is 0 Å². The van der Waals surface area contributed by atoms with E-state index in [-0.39, 0.29) is 0 Å². The van der Waals surface area contributed by atoms with Crippen molar-refractivity contribution in [1.29, 1.82) is 0 Å². The molecule has 0 heterocycles. The topological polar surface area (TPSA) is 9.23 Å². The van der Waals surface area contributed by atoms with Crippen LogP contribution in [0.4, 0.5) is 0 Å². The van der Waals surface area contributed by atoms with E-state index in [1.807, 2.05) is 6.08 Å². The Kier molecular flexibility index (Phi) is 11.7. The molecule has 34 heavy (non-hydrogen) atoms. The largest absolute Gasteiger partial charge is 0.377 e. The van der Waals surface area contributed by atoms with Crippen LogP contribution in [0.1, 0.15) is 78.8 Å². The van der Waals surface area contributed by atoms with Crippen LogP contribution < -0.4 is 0 Å². The van der Waals surface area contributed by atoms with Gasteiger partial charge in [0, 0.05) is 6.61 Å². The van der Waals surface area contributed by atoms with Crippen molar-refractivity contribution in [2.75, 3.05) is 6.61 Å². The highest BCUT2D eigenvalue weighted by atomic mass is 16.5. The van der Waals surface area contributed by atoms with Crippen molar-refractivity contribution in [2.45, 2.75) is 77.7 Å². The maximum atomic E-state index is 5.85. The summed E-state index contributed by atoms with van der Waals surface area (Å²) < 4.78 is 5.85. The highest BCUT2D eigenvalue weighted by molar-refractivity contribution is 5.47. The Morgan fingerprint density at radius 3 is 1.65 bits per heavy atom. The SMILES string of the molecule is C=Cc1ccc(CCCCc2ccc(CCCCc3ccccc3COCCCC)cc2)cc1. The quantitative estimate of drug-likeness (QED) is 0.197. The van der Waals surface area contributed by atoms with Crippen LogP contribution in [-0.4, -0.2) is 6.61 Å². The normalized spacial score (nSPS) is 11.0. The van der Waals surface area contributed by atoms with Crippen molar-refractivity contribution in [2.24, 2.45) is 0 Å². The Morgan fingerprint density at radius 2 is 1.12 bits per heavy atom. The summed E-state index contributed by atoms with van der Waals surface area (Å²) in [6.07, 6.45) is 13.8. The molecule has 0 aliphatic carbocycles. The van der Waals surface area contributed by atoms with E-state index < -0.39 is 0 Å². The van der Waals surface area contributed by atoms with Gasteiger partial charge in [-0.15, -0.1) is 0 Å². The third kappa shape index (κ3) is 9.31. The molecule has 3 rings (SSSR count). The lowest BCUT2D eigenvalue weighted by molar-refractivity contribution is 0.117. The Morgan fingerprint density at radius 1 is 0.618 bits per heavy atom. The van der Waals surface area contributed by atoms with Gasteiger partial charge < -0.3 is 4.74 Å². The lowest BCUT2D eigenvalue weighted by Crippen LogP contribution is -2.00. The van der Waals surface area contributed by atoms with Crippen LogP contribution in [0.25, 0.3) is 6.08 Å². The molecule has 0 atom stereocenters. The van der Waals surface area contributed by atoms with Crippen molar-refractivity contribution in [3.05, 3.63) is 113 Å². The molecule has 0 saturated heterocycles. The molecule has 0 aliphatic rings. The molecule has 180 valence electrons. The fourth-order valence-corrected chi connectivity index (χ4v) is 4.37. The summed E-state index contributed by atoms with van der Waals surface area (Å²) in [7, 11) is 0. The molecule has 0 fully saturated rings. The van der Waals surface area contributed by atoms with Gasteiger partial charge in [-0.2, -0.15) is 0 Å². The molecule has 0 amide bonds. The molecule has 1 nitrogen and oxygen atoms in total. The van der Waals surface area contributed by atoms with Crippen molar-refractivity contribution < 1.29 is 4.74 Å². The molecule has 0 aromatic heterocycles. The van der Waals surface area contributed by atoms with Crippen LogP contribution in [0.2, 0.25) is 0 Å². The summed E-state index contributed by atoms with van der Waals surface area (Å²) in [5.74, 6) is 0. The first-order valence-corrected chi connectivity index (χ1v) is 13.2. The van der Waals surface area contributed by atoms with Crippen LogP contribution in [0, 0.1) is 0 Å². The maximum Gasteiger partial charge on any atom is 0.0719 e. The minimum atomic E-state index is 0.749. The second-order valence-corrected chi connectivity index (χ2v) is 9.35. The summed E-state index contributed by atoms with van der Waals surface area (Å²) in [5, 5.41) is 0. The minimum Gasteiger partial charge on any atom is -0.377 e. The lowest BCUT2D eigenvalue weighted by atomic mass is 9.99. The van der Waals surface area contributed by atoms with Gasteiger partial charge in [0.25, 0.3) is 0 Å². The molecular formula is C33H42O. The Hall–Kier alpha value is -2.64. The van der Waals surface area contributed by atoms with Gasteiger partial charge in [0.05, 0.1) is 6.61 Å². The third-order valence-corrected chi connectivity index (χ3v) is 6.60. The zero-order chi connectivity index (χ0) is 23.8. The van der Waals surface area contributed by atoms with Gasteiger partial charge in [-0.1, -0.05) is 98.8 Å². The van der Waals surface area contributed by atoms with Gasteiger partial charge in [-0.25, -0.2) is 0 Å². The molecule has 0 spiro atoms. The fraction of sp³-hybridized carbons (Fsp3) is 0.394. The lowest BCUT2D eigenvalue weighted by Gasteiger charge is -2.10. The average Bonchev–Trinajstić information content (AvgIpc) is 2.89. The number of benzene rings is 3. The van der Waals surface area contributed by atoms with Crippen LogP contribution in [0.5, 0.6) is 0 Å². The number of aryl methyl sites for hydroxylation is 4. The molecule has 1 heteroatoms. The summed E-state index contributed by atoms with van der Waals surface area (Å²) in [4.78, 5) is 0. The molecule has 0 radical (unpaired) electrons. The standard InChI is InChI=1S/C33H42O/c1-3-5-26-34-27-33-17-11-10-16-32(33)15-9-8-14-31-24-22-30(23-25-31)13-7-6-12-29-20-18-28(4-2)19-21-29/h4,10-11,16-25H,2-3,5-9,12-15,26-27H2,1H3. The van der Waals surface area contributed by atoms with Crippen molar-refractivity contribution >= 4 is 6.08 Å². The summed E-state index contributed by atoms with van der Waals surface area (Å²) in [5.41, 5.74) is 8.35. The second-order valence-electron chi connectivity index (χ2n) is 9.35. The zero-order valence-electron chi connectivity index (χ0n) is 21.1. The van der Waals surface area contributed by atoms with Crippen LogP contribution in [-0.2, 0) is 37.0 Å². The van der Waals surface area contributed by atoms with Crippen molar-refractivity contribution in [3.8, 4) is 0 Å². The zero-order valence-corrected chi connectivity index (χ0v) is 21.1. The number of hydrogen-bond donors (Lipinski definition) is 0. The Balaban J connectivity index is 1.32. The fourth-order valence-electron chi connectivity index (χ4n) is 4.37. The third-order valence-electron chi connectivity index (χ3n) is 6.60. The smallest absolute Gasteiger partial charge is 0.0719 e. The summed E-state index contributed by atoms with van der Waals surface area (Å²) in [6.45, 7) is 7.64. The predicted molar refractivity (Wildman–Crippen MR) is 147 cm³/mol. The maximum absolute atomic E-state index is 5.85. The number of unbranched alkanes of at least 4 members (excludes halogenated alkanes) is 3. The van der Waals surface area contributed by atoms with Crippen LogP contribution >= 0.6 is 0 Å². The predicted octanol–water partition coefficient (Wildman–Crippen LogP) is 8.78. The van der Waals surface area contributed by atoms with E-state index in [9.17, 15) is 0 Å². The van der Waals surface area contributed by atoms with Gasteiger partial charge in [-0.3, -0.25) is 0 Å². The highest BCUT2D eigenvalue weighted by Gasteiger charge is 2.03. The first-order chi connectivity index (χ1) is 16.8. The molecule has 0 saturated carbocycles. The molecule has 0 aliphatic heterocycles. The van der Waals surface area contributed by atoms with E-state index in [0.29, 0.717) is 0 Å². The van der Waals surface area contributed by atoms with Gasteiger partial charge in [0.15, 0.2) is 0 Å². The molecule has 0 unspecified atom stereocenters. The van der Waals surface area contributed by atoms with E-state index >= 15 is 0 Å². The average molecular weight is 455 g/mol. The number of ether oxygens (including phenoxy) is 1. The second kappa shape index (κ2) is 15.3. The van der Waals surface area contributed by atoms with Crippen LogP contribution in [0.15, 0.2) is 79.4 Å². The molecular weight excluding hydrogens is 412 g/mol. The Bertz CT molecular complexity index is 953. The van der Waals surface area contributed by atoms with Gasteiger partial charge in [0.1, 0.15) is 0 Å². The van der Waals surface area contributed by atoms with Gasteiger partial charge in [0.2, 0.25) is 0 Å². The van der Waals surface area contributed by atoms with Gasteiger partial charge in [-0.05, 0) is 91.2 Å². The van der Waals surface area contributed by atoms with Crippen molar-refractivity contribution in [3.63, 3.8) is 0 Å². The summed E-state index contributed by atoms with van der Waals surface area (Å²) >= 11 is 0. The molecule has 3 aromatic rings. The van der Waals surface area contributed by atoms with Gasteiger partial charge >= 0.3 is 0 Å². The van der Waals surface area contributed by atoms with E-state index in [0.717, 1.165) is 38.9 Å². The highest BCUT2D eigenvalue weighted by Crippen LogP contribution is 2.16. The van der Waals surface area contributed by atoms with E-state index in [4.69, 9.17) is 4.74 Å². The van der Waals surface area contributed by atoms with E-state index in [1.54, 1.807) is 0 Å². The van der Waals surface area contributed by atoms with Crippen molar-refractivity contribution in [1.82, 2.24) is 0 Å². The molecule has 3 aromatic carbocycles. The number of hydrogen-bond acceptors (Lipinski definition) is 1. The first kappa shape index (κ1) is 26.0. The summed E-state index contributed by atoms with van der Waals surface area (Å²) in [6, 6.07) is 26.9. The first-order valence-electron chi connectivity index (χ1n) is 13.2. The monoisotopic (exact) mass is 454 g/mol. The minimum absolute atomic E-state index is 0.749.